The number of rotatable bonds is 4. The van der Waals surface area contributed by atoms with Gasteiger partial charge in [0.25, 0.3) is 0 Å². The van der Waals surface area contributed by atoms with Crippen molar-refractivity contribution in [1.29, 1.82) is 0 Å². The van der Waals surface area contributed by atoms with Crippen LogP contribution < -0.4 is 0 Å². The number of benzene rings is 1. The van der Waals surface area contributed by atoms with E-state index in [2.05, 4.69) is 31.7 Å². The van der Waals surface area contributed by atoms with Gasteiger partial charge in [0.15, 0.2) is 0 Å². The Kier molecular flexibility index (Phi) is 12.1. The first-order chi connectivity index (χ1) is 11.5. The van der Waals surface area contributed by atoms with Gasteiger partial charge in [-0.3, -0.25) is 0 Å². The second-order valence-corrected chi connectivity index (χ2v) is 6.78. The minimum Gasteiger partial charge on any atom is -0.392 e. The fraction of sp³-hybridized carbons (Fsp3) is 0.571. The Hall–Kier alpha value is -1.45. The van der Waals surface area contributed by atoms with Crippen molar-refractivity contribution in [3.8, 4) is 0 Å². The van der Waals surface area contributed by atoms with E-state index in [0.29, 0.717) is 12.5 Å². The van der Waals surface area contributed by atoms with Crippen LogP contribution in [-0.2, 0) is 22.7 Å². The minimum atomic E-state index is 0.0979. The van der Waals surface area contributed by atoms with Gasteiger partial charge in [0.05, 0.1) is 13.2 Å². The zero-order chi connectivity index (χ0) is 18.5. The van der Waals surface area contributed by atoms with Crippen LogP contribution >= 0.6 is 0 Å². The molecule has 3 heteroatoms. The van der Waals surface area contributed by atoms with Crippen LogP contribution in [0.25, 0.3) is 0 Å². The number of hydrogen-bond acceptors (Lipinski definition) is 3. The second-order valence-electron chi connectivity index (χ2n) is 6.78. The third-order valence-electron chi connectivity index (χ3n) is 4.19. The second kappa shape index (κ2) is 12.9. The third-order valence-corrected chi connectivity index (χ3v) is 4.19. The average molecular weight is 335 g/mol. The summed E-state index contributed by atoms with van der Waals surface area (Å²) in [6.45, 7) is 12.5. The number of carbonyl (C=O) groups excluding carboxylic acids is 1. The zero-order valence-corrected chi connectivity index (χ0v) is 15.8. The fourth-order valence-electron chi connectivity index (χ4n) is 2.94. The fourth-order valence-corrected chi connectivity index (χ4v) is 2.94. The molecule has 0 amide bonds. The highest BCUT2D eigenvalue weighted by molar-refractivity contribution is 5.33. The van der Waals surface area contributed by atoms with Gasteiger partial charge < -0.3 is 14.6 Å². The summed E-state index contributed by atoms with van der Waals surface area (Å²) in [5, 5.41) is 9.33. The Morgan fingerprint density at radius 3 is 2.17 bits per heavy atom. The maximum atomic E-state index is 9.33. The van der Waals surface area contributed by atoms with E-state index in [-0.39, 0.29) is 6.61 Å². The number of methoxy groups -OCH3 is 1. The highest BCUT2D eigenvalue weighted by Gasteiger charge is 2.20. The Morgan fingerprint density at radius 1 is 1.17 bits per heavy atom. The van der Waals surface area contributed by atoms with E-state index in [9.17, 15) is 5.11 Å². The molecule has 0 saturated heterocycles. The maximum absolute atomic E-state index is 9.33. The van der Waals surface area contributed by atoms with Gasteiger partial charge in [-0.2, -0.15) is 0 Å². The molecule has 1 fully saturated rings. The van der Waals surface area contributed by atoms with Crippen molar-refractivity contribution in [1.82, 2.24) is 0 Å². The minimum absolute atomic E-state index is 0.0979. The lowest BCUT2D eigenvalue weighted by molar-refractivity contribution is -0.0979. The lowest BCUT2D eigenvalue weighted by Crippen LogP contribution is -2.11. The number of aliphatic hydroxyl groups is 1. The van der Waals surface area contributed by atoms with E-state index in [4.69, 9.17) is 9.53 Å². The summed E-state index contributed by atoms with van der Waals surface area (Å²) >= 11 is 0. The molecule has 0 heterocycles. The van der Waals surface area contributed by atoms with Crippen LogP contribution in [0, 0.1) is 5.92 Å². The van der Waals surface area contributed by atoms with Gasteiger partial charge in [-0.25, -0.2) is 0 Å². The predicted molar refractivity (Wildman–Crippen MR) is 101 cm³/mol. The summed E-state index contributed by atoms with van der Waals surface area (Å²) in [4.78, 5) is 8.00. The molecule has 3 nitrogen and oxygen atoms in total. The van der Waals surface area contributed by atoms with Crippen LogP contribution in [0.5, 0.6) is 0 Å². The van der Waals surface area contributed by atoms with Gasteiger partial charge >= 0.3 is 0 Å². The smallest absolute Gasteiger partial charge is 0.106 e. The highest BCUT2D eigenvalue weighted by Crippen LogP contribution is 2.36. The molecule has 1 saturated carbocycles. The van der Waals surface area contributed by atoms with E-state index in [1.54, 1.807) is 7.11 Å². The summed E-state index contributed by atoms with van der Waals surface area (Å²) in [6, 6.07) is 6.47. The Bertz CT molecular complexity index is 470. The van der Waals surface area contributed by atoms with Crippen molar-refractivity contribution in [2.45, 2.75) is 65.6 Å². The molecule has 1 aromatic rings. The van der Waals surface area contributed by atoms with E-state index in [1.165, 1.54) is 36.8 Å². The molecule has 2 rings (SSSR count). The molecule has 1 aliphatic rings. The number of allylic oxidation sites excluding steroid dienone is 1. The number of hydrogen-bond donors (Lipinski definition) is 1. The predicted octanol–water partition coefficient (Wildman–Crippen LogP) is 5.02. The van der Waals surface area contributed by atoms with E-state index in [0.717, 1.165) is 17.0 Å². The molecule has 1 aliphatic carbocycles. The van der Waals surface area contributed by atoms with Crippen LogP contribution in [0.1, 0.15) is 69.1 Å². The maximum Gasteiger partial charge on any atom is 0.106 e. The van der Waals surface area contributed by atoms with Crippen molar-refractivity contribution in [3.63, 3.8) is 0 Å². The summed E-state index contributed by atoms with van der Waals surface area (Å²) in [5.74, 6) is 1.58. The molecule has 1 aromatic carbocycles. The molecule has 0 atom stereocenters. The van der Waals surface area contributed by atoms with E-state index in [1.807, 2.05) is 20.6 Å². The molecule has 136 valence electrons. The van der Waals surface area contributed by atoms with E-state index >= 15 is 0 Å². The number of ether oxygens (including phenoxy) is 1. The quantitative estimate of drug-likeness (QED) is 0.787. The monoisotopic (exact) mass is 334 g/mol. The van der Waals surface area contributed by atoms with Crippen molar-refractivity contribution in [2.24, 2.45) is 5.92 Å². The lowest BCUT2D eigenvalue weighted by Gasteiger charge is -2.27. The molecule has 0 radical (unpaired) electrons. The zero-order valence-electron chi connectivity index (χ0n) is 15.8. The molecule has 0 spiro atoms. The molecule has 0 aromatic heterocycles. The van der Waals surface area contributed by atoms with Crippen molar-refractivity contribution in [2.75, 3.05) is 7.11 Å². The Morgan fingerprint density at radius 2 is 1.71 bits per heavy atom. The molecule has 0 bridgehead atoms. The summed E-state index contributed by atoms with van der Waals surface area (Å²) in [7, 11) is 1.70. The molecule has 1 N–H and O–H groups in total. The topological polar surface area (TPSA) is 46.5 Å². The largest absolute Gasteiger partial charge is 0.392 e. The standard InChI is InChI=1S/C16H24O2.C4H8.CH2O/c1-12-3-5-13(6-4-12)14-7-8-15(10-17)16(9-14)11-18-2;1-4(2)3;1-2/h7-9,12-13,17H,3-6,10-11H2,1-2H3;1H2,2-3H3;1H2. The number of carbonyl (C=O) groups is 1. The van der Waals surface area contributed by atoms with Crippen LogP contribution in [0.3, 0.4) is 0 Å². The van der Waals surface area contributed by atoms with Crippen LogP contribution in [-0.4, -0.2) is 19.0 Å². The summed E-state index contributed by atoms with van der Waals surface area (Å²) < 4.78 is 5.22. The van der Waals surface area contributed by atoms with Gasteiger partial charge in [-0.15, -0.1) is 6.58 Å². The highest BCUT2D eigenvalue weighted by atomic mass is 16.5. The molecule has 24 heavy (non-hydrogen) atoms. The Balaban J connectivity index is 0.000000773. The lowest BCUT2D eigenvalue weighted by atomic mass is 9.79. The van der Waals surface area contributed by atoms with Gasteiger partial charge in [-0.05, 0) is 55.2 Å². The van der Waals surface area contributed by atoms with Crippen LogP contribution in [0.2, 0.25) is 0 Å². The SMILES string of the molecule is C=C(C)C.C=O.COCc1cc(C2CCC(C)CC2)ccc1CO. The Labute approximate surface area is 147 Å². The van der Waals surface area contributed by atoms with Crippen molar-refractivity contribution >= 4 is 6.79 Å². The van der Waals surface area contributed by atoms with Gasteiger partial charge in [-0.1, -0.05) is 43.5 Å². The van der Waals surface area contributed by atoms with Gasteiger partial charge in [0.1, 0.15) is 6.79 Å². The summed E-state index contributed by atoms with van der Waals surface area (Å²) in [6.07, 6.45) is 5.27. The van der Waals surface area contributed by atoms with Gasteiger partial charge in [0.2, 0.25) is 0 Å². The summed E-state index contributed by atoms with van der Waals surface area (Å²) in [5.41, 5.74) is 4.71. The molecule has 0 aliphatic heterocycles. The third kappa shape index (κ3) is 8.42. The first-order valence-electron chi connectivity index (χ1n) is 8.60. The van der Waals surface area contributed by atoms with Gasteiger partial charge in [0, 0.05) is 7.11 Å². The van der Waals surface area contributed by atoms with Crippen LogP contribution in [0.4, 0.5) is 0 Å². The van der Waals surface area contributed by atoms with Crippen molar-refractivity contribution < 1.29 is 14.6 Å². The molecule has 0 unspecified atom stereocenters. The normalized spacial score (nSPS) is 19.4. The average Bonchev–Trinajstić information content (AvgIpc) is 2.57. The van der Waals surface area contributed by atoms with Crippen molar-refractivity contribution in [3.05, 3.63) is 47.0 Å². The first-order valence-corrected chi connectivity index (χ1v) is 8.60. The number of aliphatic hydroxyl groups excluding tert-OH is 1. The molecular formula is C21H34O3. The van der Waals surface area contributed by atoms with Crippen LogP contribution in [0.15, 0.2) is 30.4 Å². The first kappa shape index (κ1) is 22.6. The molecular weight excluding hydrogens is 300 g/mol. The van der Waals surface area contributed by atoms with E-state index < -0.39 is 0 Å².